The van der Waals surface area contributed by atoms with Crippen LogP contribution in [-0.2, 0) is 4.79 Å². The van der Waals surface area contributed by atoms with Crippen LogP contribution in [-0.4, -0.2) is 46.1 Å². The van der Waals surface area contributed by atoms with Crippen molar-refractivity contribution in [3.8, 4) is 0 Å². The highest BCUT2D eigenvalue weighted by Gasteiger charge is 2.38. The molecule has 1 aliphatic carbocycles. The molecular formula is C20H28F2N4O. The van der Waals surface area contributed by atoms with Crippen molar-refractivity contribution in [1.29, 1.82) is 0 Å². The molecule has 2 aliphatic heterocycles. The predicted molar refractivity (Wildman–Crippen MR) is 99.8 cm³/mol. The summed E-state index contributed by atoms with van der Waals surface area (Å²) in [5, 5.41) is 7.66. The number of carbonyl (C=O) groups excluding carboxylic acids is 1. The summed E-state index contributed by atoms with van der Waals surface area (Å²) in [5.74, 6) is 1.45. The number of allylic oxidation sites excluding steroid dienone is 2. The van der Waals surface area contributed by atoms with Gasteiger partial charge in [0.2, 0.25) is 5.91 Å². The lowest BCUT2D eigenvalue weighted by Crippen LogP contribution is -2.48. The number of aromatic nitrogens is 2. The number of fused-ring (bicyclic) bond motifs is 1. The summed E-state index contributed by atoms with van der Waals surface area (Å²) in [6.07, 6.45) is 6.82. The second-order valence-corrected chi connectivity index (χ2v) is 8.22. The molecule has 5 nitrogen and oxygen atoms in total. The summed E-state index contributed by atoms with van der Waals surface area (Å²) in [7, 11) is 0. The zero-order valence-electron chi connectivity index (χ0n) is 15.8. The van der Waals surface area contributed by atoms with Gasteiger partial charge in [-0.05, 0) is 50.9 Å². The number of alkyl halides is 2. The van der Waals surface area contributed by atoms with Crippen LogP contribution in [0.5, 0.6) is 0 Å². The molecule has 1 fully saturated rings. The summed E-state index contributed by atoms with van der Waals surface area (Å²) >= 11 is 0. The third-order valence-electron chi connectivity index (χ3n) is 6.22. The number of aryl methyl sites for hydroxylation is 1. The first-order valence-corrected chi connectivity index (χ1v) is 10.1. The van der Waals surface area contributed by atoms with Crippen molar-refractivity contribution in [2.45, 2.75) is 64.0 Å². The van der Waals surface area contributed by atoms with Gasteiger partial charge in [-0.2, -0.15) is 5.10 Å². The normalized spacial score (nSPS) is 30.4. The van der Waals surface area contributed by atoms with Crippen molar-refractivity contribution in [2.75, 3.05) is 18.4 Å². The molecule has 3 aliphatic rings. The fourth-order valence-electron chi connectivity index (χ4n) is 4.79. The van der Waals surface area contributed by atoms with Crippen LogP contribution < -0.4 is 5.32 Å². The van der Waals surface area contributed by atoms with Gasteiger partial charge in [0.25, 0.3) is 6.43 Å². The van der Waals surface area contributed by atoms with Crippen LogP contribution in [0.1, 0.15) is 50.3 Å². The Morgan fingerprint density at radius 2 is 2.26 bits per heavy atom. The Kier molecular flexibility index (Phi) is 5.19. The van der Waals surface area contributed by atoms with Crippen molar-refractivity contribution in [2.24, 2.45) is 11.8 Å². The summed E-state index contributed by atoms with van der Waals surface area (Å²) in [6.45, 7) is 3.27. The van der Waals surface area contributed by atoms with Crippen molar-refractivity contribution in [1.82, 2.24) is 14.7 Å². The molecule has 1 N–H and O–H groups in total. The number of carbonyl (C=O) groups is 1. The number of rotatable bonds is 4. The smallest absolute Gasteiger partial charge is 0.260 e. The fraction of sp³-hybridized carbons (Fsp3) is 0.700. The summed E-state index contributed by atoms with van der Waals surface area (Å²) in [5.41, 5.74) is 0.744. The second kappa shape index (κ2) is 7.60. The van der Waals surface area contributed by atoms with Crippen LogP contribution in [0.15, 0.2) is 18.2 Å². The number of halogens is 2. The van der Waals surface area contributed by atoms with E-state index in [1.54, 1.807) is 0 Å². The number of likely N-dealkylation sites (tertiary alicyclic amines) is 1. The molecule has 27 heavy (non-hydrogen) atoms. The van der Waals surface area contributed by atoms with Gasteiger partial charge >= 0.3 is 0 Å². The number of nitrogens with zero attached hydrogens (tertiary/aromatic N) is 3. The highest BCUT2D eigenvalue weighted by atomic mass is 19.3. The highest BCUT2D eigenvalue weighted by Crippen LogP contribution is 2.36. The lowest BCUT2D eigenvalue weighted by Gasteiger charge is -2.41. The van der Waals surface area contributed by atoms with E-state index in [0.29, 0.717) is 31.1 Å². The average Bonchev–Trinajstić information content (AvgIpc) is 3.29. The Labute approximate surface area is 158 Å². The van der Waals surface area contributed by atoms with Gasteiger partial charge in [-0.15, -0.1) is 0 Å². The quantitative estimate of drug-likeness (QED) is 0.812. The Hall–Kier alpha value is -1.92. The van der Waals surface area contributed by atoms with E-state index >= 15 is 0 Å². The van der Waals surface area contributed by atoms with Crippen molar-refractivity contribution < 1.29 is 13.6 Å². The zero-order valence-corrected chi connectivity index (χ0v) is 15.8. The van der Waals surface area contributed by atoms with Gasteiger partial charge in [0.05, 0.1) is 5.69 Å². The molecule has 0 bridgehead atoms. The van der Waals surface area contributed by atoms with E-state index in [-0.39, 0.29) is 17.9 Å². The Morgan fingerprint density at radius 1 is 1.41 bits per heavy atom. The van der Waals surface area contributed by atoms with Gasteiger partial charge < -0.3 is 10.2 Å². The molecule has 7 heteroatoms. The third-order valence-corrected chi connectivity index (χ3v) is 6.22. The first-order chi connectivity index (χ1) is 13.0. The Balaban J connectivity index is 1.43. The number of piperidine rings is 1. The van der Waals surface area contributed by atoms with Gasteiger partial charge in [-0.3, -0.25) is 4.79 Å². The monoisotopic (exact) mass is 378 g/mol. The van der Waals surface area contributed by atoms with Gasteiger partial charge in [-0.25, -0.2) is 13.5 Å². The molecule has 0 aromatic carbocycles. The Morgan fingerprint density at radius 3 is 3.00 bits per heavy atom. The highest BCUT2D eigenvalue weighted by molar-refractivity contribution is 5.76. The SMILES string of the molecule is Cc1cc2n(n1)[C@@H](C(F)F)C[C@@H]([C@H]1CCCN(C(=O)C[C@H]3C=CCC3)C1)N2. The summed E-state index contributed by atoms with van der Waals surface area (Å²) in [6, 6.07) is 0.893. The number of anilines is 1. The summed E-state index contributed by atoms with van der Waals surface area (Å²) in [4.78, 5) is 14.6. The molecule has 0 radical (unpaired) electrons. The molecule has 3 heterocycles. The largest absolute Gasteiger partial charge is 0.367 e. The predicted octanol–water partition coefficient (Wildman–Crippen LogP) is 3.78. The van der Waals surface area contributed by atoms with Crippen molar-refractivity contribution in [3.63, 3.8) is 0 Å². The molecule has 1 aromatic heterocycles. The minimum atomic E-state index is -2.44. The van der Waals surface area contributed by atoms with Crippen LogP contribution in [0.4, 0.5) is 14.6 Å². The number of hydrogen-bond acceptors (Lipinski definition) is 3. The average molecular weight is 378 g/mol. The number of hydrogen-bond donors (Lipinski definition) is 1. The third kappa shape index (κ3) is 3.87. The van der Waals surface area contributed by atoms with Crippen LogP contribution >= 0.6 is 0 Å². The van der Waals surface area contributed by atoms with Gasteiger partial charge in [0.1, 0.15) is 11.9 Å². The van der Waals surface area contributed by atoms with E-state index in [4.69, 9.17) is 0 Å². The van der Waals surface area contributed by atoms with E-state index < -0.39 is 12.5 Å². The lowest BCUT2D eigenvalue weighted by atomic mass is 9.85. The van der Waals surface area contributed by atoms with Crippen LogP contribution in [0.3, 0.4) is 0 Å². The van der Waals surface area contributed by atoms with E-state index in [2.05, 4.69) is 22.6 Å². The molecule has 1 aromatic rings. The zero-order chi connectivity index (χ0) is 19.0. The molecular weight excluding hydrogens is 350 g/mol. The first kappa shape index (κ1) is 18.4. The van der Waals surface area contributed by atoms with Crippen LogP contribution in [0, 0.1) is 18.8 Å². The summed E-state index contributed by atoms with van der Waals surface area (Å²) < 4.78 is 28.7. The second-order valence-electron chi connectivity index (χ2n) is 8.22. The van der Waals surface area contributed by atoms with Crippen molar-refractivity contribution >= 4 is 11.7 Å². The molecule has 0 spiro atoms. The first-order valence-electron chi connectivity index (χ1n) is 10.1. The number of amides is 1. The Bertz CT molecular complexity index is 717. The molecule has 4 rings (SSSR count). The van der Waals surface area contributed by atoms with E-state index in [1.165, 1.54) is 4.68 Å². The van der Waals surface area contributed by atoms with E-state index in [0.717, 1.165) is 37.9 Å². The molecule has 148 valence electrons. The minimum absolute atomic E-state index is 0.0467. The van der Waals surface area contributed by atoms with E-state index in [1.807, 2.05) is 17.9 Å². The fourth-order valence-corrected chi connectivity index (χ4v) is 4.79. The van der Waals surface area contributed by atoms with Crippen LogP contribution in [0.2, 0.25) is 0 Å². The van der Waals surface area contributed by atoms with Crippen molar-refractivity contribution in [3.05, 3.63) is 23.9 Å². The molecule has 1 amide bonds. The lowest BCUT2D eigenvalue weighted by molar-refractivity contribution is -0.133. The van der Waals surface area contributed by atoms with Gasteiger partial charge in [0.15, 0.2) is 0 Å². The maximum absolute atomic E-state index is 13.6. The maximum Gasteiger partial charge on any atom is 0.260 e. The molecule has 4 atom stereocenters. The topological polar surface area (TPSA) is 50.2 Å². The van der Waals surface area contributed by atoms with Crippen LogP contribution in [0.25, 0.3) is 0 Å². The van der Waals surface area contributed by atoms with Gasteiger partial charge in [0, 0.05) is 31.6 Å². The van der Waals surface area contributed by atoms with E-state index in [9.17, 15) is 13.6 Å². The maximum atomic E-state index is 13.6. The molecule has 1 saturated heterocycles. The van der Waals surface area contributed by atoms with Gasteiger partial charge in [-0.1, -0.05) is 12.2 Å². The number of nitrogens with one attached hydrogen (secondary N) is 1. The minimum Gasteiger partial charge on any atom is -0.367 e. The molecule has 0 saturated carbocycles. The standard InChI is InChI=1S/C20H28F2N4O/c1-13-9-18-23-16(11-17(20(21)22)26(18)24-13)15-7-4-8-25(12-15)19(27)10-14-5-2-3-6-14/h2,5,9,14-17,20,23H,3-4,6-8,10-12H2,1H3/t14-,15-,16-,17+/m0/s1. The molecule has 0 unspecified atom stereocenters.